The lowest BCUT2D eigenvalue weighted by molar-refractivity contribution is 0.306. The molecule has 0 amide bonds. The van der Waals surface area contributed by atoms with Crippen LogP contribution in [0.2, 0.25) is 10.0 Å². The Kier molecular flexibility index (Phi) is 6.65. The predicted molar refractivity (Wildman–Crippen MR) is 99.6 cm³/mol. The molecule has 0 aliphatic rings. The zero-order chi connectivity index (χ0) is 16.7. The van der Waals surface area contributed by atoms with Gasteiger partial charge in [0, 0.05) is 22.7 Å². The maximum Gasteiger partial charge on any atom is 0.186 e. The van der Waals surface area contributed by atoms with Crippen LogP contribution >= 0.6 is 35.4 Å². The van der Waals surface area contributed by atoms with Gasteiger partial charge in [0.15, 0.2) is 5.11 Å². The molecular formula is C16H15Cl2N3OS. The van der Waals surface area contributed by atoms with E-state index in [2.05, 4.69) is 15.8 Å². The highest BCUT2D eigenvalue weighted by Crippen LogP contribution is 2.22. The molecule has 2 aromatic rings. The van der Waals surface area contributed by atoms with Crippen molar-refractivity contribution in [2.24, 2.45) is 5.10 Å². The van der Waals surface area contributed by atoms with E-state index < -0.39 is 0 Å². The lowest BCUT2D eigenvalue weighted by Gasteiger charge is -2.08. The fraction of sp³-hybridized carbons (Fsp3) is 0.125. The van der Waals surface area contributed by atoms with Crippen LogP contribution in [-0.2, 0) is 6.61 Å². The average Bonchev–Trinajstić information content (AvgIpc) is 2.55. The SMILES string of the molecule is CNC(=S)N/N=C\c1ccc(OCc2ccc(Cl)cc2Cl)cc1. The zero-order valence-electron chi connectivity index (χ0n) is 12.3. The monoisotopic (exact) mass is 367 g/mol. The van der Waals surface area contributed by atoms with Gasteiger partial charge in [-0.2, -0.15) is 5.10 Å². The summed E-state index contributed by atoms with van der Waals surface area (Å²) in [5.41, 5.74) is 4.49. The molecule has 0 heterocycles. The molecule has 0 aliphatic heterocycles. The third kappa shape index (κ3) is 5.71. The van der Waals surface area contributed by atoms with Gasteiger partial charge < -0.3 is 10.1 Å². The van der Waals surface area contributed by atoms with E-state index in [4.69, 9.17) is 40.2 Å². The molecule has 7 heteroatoms. The molecular weight excluding hydrogens is 353 g/mol. The first kappa shape index (κ1) is 17.5. The Bertz CT molecular complexity index is 705. The van der Waals surface area contributed by atoms with Gasteiger partial charge in [-0.15, -0.1) is 0 Å². The molecule has 0 aliphatic carbocycles. The second-order valence-electron chi connectivity index (χ2n) is 4.54. The molecule has 0 radical (unpaired) electrons. The maximum absolute atomic E-state index is 6.11. The number of nitrogens with one attached hydrogen (secondary N) is 2. The van der Waals surface area contributed by atoms with Crippen LogP contribution in [-0.4, -0.2) is 18.4 Å². The van der Waals surface area contributed by atoms with Crippen molar-refractivity contribution in [3.63, 3.8) is 0 Å². The van der Waals surface area contributed by atoms with Gasteiger partial charge >= 0.3 is 0 Å². The van der Waals surface area contributed by atoms with Gasteiger partial charge in [-0.05, 0) is 54.2 Å². The largest absolute Gasteiger partial charge is 0.489 e. The number of hydrogen-bond donors (Lipinski definition) is 2. The summed E-state index contributed by atoms with van der Waals surface area (Å²) in [5, 5.41) is 8.43. The van der Waals surface area contributed by atoms with Crippen LogP contribution in [0.1, 0.15) is 11.1 Å². The minimum absolute atomic E-state index is 0.376. The predicted octanol–water partition coefficient (Wildman–Crippen LogP) is 4.00. The number of ether oxygens (including phenoxy) is 1. The Morgan fingerprint density at radius 2 is 1.96 bits per heavy atom. The van der Waals surface area contributed by atoms with Crippen molar-refractivity contribution in [1.29, 1.82) is 0 Å². The van der Waals surface area contributed by atoms with Crippen molar-refractivity contribution in [1.82, 2.24) is 10.7 Å². The molecule has 2 aromatic carbocycles. The molecule has 0 bridgehead atoms. The number of benzene rings is 2. The Morgan fingerprint density at radius 1 is 1.22 bits per heavy atom. The van der Waals surface area contributed by atoms with Gasteiger partial charge in [0.1, 0.15) is 12.4 Å². The third-order valence-corrected chi connectivity index (χ3v) is 3.78. The molecule has 0 spiro atoms. The van der Waals surface area contributed by atoms with E-state index in [1.807, 2.05) is 30.3 Å². The van der Waals surface area contributed by atoms with Crippen LogP contribution in [0.5, 0.6) is 5.75 Å². The normalized spacial score (nSPS) is 10.6. The summed E-state index contributed by atoms with van der Waals surface area (Å²) >= 11 is 16.9. The van der Waals surface area contributed by atoms with Crippen molar-refractivity contribution >= 4 is 46.7 Å². The van der Waals surface area contributed by atoms with Gasteiger partial charge in [-0.25, -0.2) is 0 Å². The molecule has 0 saturated heterocycles. The van der Waals surface area contributed by atoms with Crippen molar-refractivity contribution in [2.75, 3.05) is 7.05 Å². The van der Waals surface area contributed by atoms with Crippen LogP contribution < -0.4 is 15.5 Å². The van der Waals surface area contributed by atoms with Gasteiger partial charge in [0.25, 0.3) is 0 Å². The summed E-state index contributed by atoms with van der Waals surface area (Å²) in [6.07, 6.45) is 1.67. The van der Waals surface area contributed by atoms with Crippen molar-refractivity contribution in [2.45, 2.75) is 6.61 Å². The topological polar surface area (TPSA) is 45.7 Å². The van der Waals surface area contributed by atoms with E-state index in [9.17, 15) is 0 Å². The number of thiocarbonyl (C=S) groups is 1. The summed E-state index contributed by atoms with van der Waals surface area (Å²) in [4.78, 5) is 0. The number of halogens is 2. The quantitative estimate of drug-likeness (QED) is 0.476. The zero-order valence-corrected chi connectivity index (χ0v) is 14.7. The minimum atomic E-state index is 0.376. The molecule has 120 valence electrons. The Labute approximate surface area is 150 Å². The number of nitrogens with zero attached hydrogens (tertiary/aromatic N) is 1. The smallest absolute Gasteiger partial charge is 0.186 e. The standard InChI is InChI=1S/C16H15Cl2N3OS/c1-19-16(23)21-20-9-11-2-6-14(7-3-11)22-10-12-4-5-13(17)8-15(12)18/h2-9H,10H2,1H3,(H2,19,21,23)/b20-9-. The van der Waals surface area contributed by atoms with E-state index in [-0.39, 0.29) is 0 Å². The third-order valence-electron chi connectivity index (χ3n) is 2.90. The number of hydrazone groups is 1. The fourth-order valence-corrected chi connectivity index (χ4v) is 2.19. The first-order valence-corrected chi connectivity index (χ1v) is 7.92. The Balaban J connectivity index is 1.91. The summed E-state index contributed by atoms with van der Waals surface area (Å²) in [7, 11) is 1.73. The highest BCUT2D eigenvalue weighted by Gasteiger charge is 2.02. The average molecular weight is 368 g/mol. The first-order valence-electron chi connectivity index (χ1n) is 6.76. The Morgan fingerprint density at radius 3 is 2.61 bits per heavy atom. The summed E-state index contributed by atoms with van der Waals surface area (Å²) in [5.74, 6) is 0.742. The highest BCUT2D eigenvalue weighted by atomic mass is 35.5. The van der Waals surface area contributed by atoms with Crippen molar-refractivity contribution < 1.29 is 4.74 Å². The Hall–Kier alpha value is -1.82. The number of hydrogen-bond acceptors (Lipinski definition) is 3. The van der Waals surface area contributed by atoms with Gasteiger partial charge in [-0.1, -0.05) is 29.3 Å². The van der Waals surface area contributed by atoms with E-state index in [0.29, 0.717) is 21.8 Å². The summed E-state index contributed by atoms with van der Waals surface area (Å²) in [6, 6.07) is 12.8. The van der Waals surface area contributed by atoms with Crippen LogP contribution in [0, 0.1) is 0 Å². The van der Waals surface area contributed by atoms with Crippen LogP contribution in [0.15, 0.2) is 47.6 Å². The van der Waals surface area contributed by atoms with E-state index in [1.165, 1.54) is 0 Å². The molecule has 4 nitrogen and oxygen atoms in total. The van der Waals surface area contributed by atoms with Crippen molar-refractivity contribution in [3.8, 4) is 5.75 Å². The summed E-state index contributed by atoms with van der Waals surface area (Å²) in [6.45, 7) is 0.376. The van der Waals surface area contributed by atoms with E-state index >= 15 is 0 Å². The summed E-state index contributed by atoms with van der Waals surface area (Å²) < 4.78 is 5.71. The first-order chi connectivity index (χ1) is 11.1. The molecule has 23 heavy (non-hydrogen) atoms. The van der Waals surface area contributed by atoms with Crippen LogP contribution in [0.25, 0.3) is 0 Å². The number of rotatable bonds is 5. The van der Waals surface area contributed by atoms with E-state index in [0.717, 1.165) is 16.9 Å². The van der Waals surface area contributed by atoms with Gasteiger partial charge in [0.05, 0.1) is 6.21 Å². The lowest BCUT2D eigenvalue weighted by Crippen LogP contribution is -2.28. The molecule has 0 atom stereocenters. The molecule has 2 N–H and O–H groups in total. The molecule has 0 fully saturated rings. The maximum atomic E-state index is 6.11. The van der Waals surface area contributed by atoms with Crippen LogP contribution in [0.4, 0.5) is 0 Å². The molecule has 0 aromatic heterocycles. The van der Waals surface area contributed by atoms with Gasteiger partial charge in [0.2, 0.25) is 0 Å². The second kappa shape index (κ2) is 8.72. The fourth-order valence-electron chi connectivity index (χ4n) is 1.67. The highest BCUT2D eigenvalue weighted by molar-refractivity contribution is 7.80. The molecule has 0 unspecified atom stereocenters. The van der Waals surface area contributed by atoms with E-state index in [1.54, 1.807) is 25.4 Å². The van der Waals surface area contributed by atoms with Crippen LogP contribution in [0.3, 0.4) is 0 Å². The van der Waals surface area contributed by atoms with Gasteiger partial charge in [-0.3, -0.25) is 5.43 Å². The second-order valence-corrected chi connectivity index (χ2v) is 5.79. The minimum Gasteiger partial charge on any atom is -0.489 e. The molecule has 2 rings (SSSR count). The molecule has 0 saturated carbocycles. The van der Waals surface area contributed by atoms with Crippen molar-refractivity contribution in [3.05, 3.63) is 63.6 Å². The lowest BCUT2D eigenvalue weighted by atomic mass is 10.2.